The molecule has 0 radical (unpaired) electrons. The molecule has 2 N–H and O–H groups in total. The first-order chi connectivity index (χ1) is 4.65. The van der Waals surface area contributed by atoms with Crippen molar-refractivity contribution < 1.29 is 4.57 Å². The summed E-state index contributed by atoms with van der Waals surface area (Å²) in [7, 11) is -1.54. The summed E-state index contributed by atoms with van der Waals surface area (Å²) in [5.41, 5.74) is 5.82. The van der Waals surface area contributed by atoms with Gasteiger partial charge in [-0.15, -0.1) is 6.58 Å². The quantitative estimate of drug-likeness (QED) is 0.500. The molecule has 58 valence electrons. The lowest BCUT2D eigenvalue weighted by atomic mass is 10.4. The summed E-state index contributed by atoms with van der Waals surface area (Å²) in [5, 5.41) is -0.346. The van der Waals surface area contributed by atoms with Gasteiger partial charge in [-0.05, 0) is 12.6 Å². The maximum Gasteiger partial charge on any atom is 0.0953 e. The fraction of sp³-hybridized carbons (Fsp3) is 0.714. The second-order valence-electron chi connectivity index (χ2n) is 2.86. The molecule has 0 spiro atoms. The lowest BCUT2D eigenvalue weighted by molar-refractivity contribution is 0.576. The molecular formula is C7H14NOP. The molecule has 1 rings (SSSR count). The molecule has 1 unspecified atom stereocenters. The second-order valence-corrected chi connectivity index (χ2v) is 5.35. The van der Waals surface area contributed by atoms with Crippen LogP contribution in [0, 0.1) is 5.92 Å². The van der Waals surface area contributed by atoms with Crippen LogP contribution < -0.4 is 5.73 Å². The van der Waals surface area contributed by atoms with Gasteiger partial charge >= 0.3 is 0 Å². The SMILES string of the molecule is C=C[C@@H]1C[C@]1(N)[PH](=O)CC. The summed E-state index contributed by atoms with van der Waals surface area (Å²) in [5.74, 6) is 0.318. The average molecular weight is 159 g/mol. The zero-order valence-electron chi connectivity index (χ0n) is 6.26. The van der Waals surface area contributed by atoms with Gasteiger partial charge in [-0.2, -0.15) is 0 Å². The molecule has 0 aromatic carbocycles. The van der Waals surface area contributed by atoms with Gasteiger partial charge in [-0.3, -0.25) is 0 Å². The van der Waals surface area contributed by atoms with Crippen molar-refractivity contribution in [2.24, 2.45) is 11.7 Å². The third kappa shape index (κ3) is 1.06. The van der Waals surface area contributed by atoms with Gasteiger partial charge in [0.2, 0.25) is 0 Å². The average Bonchev–Trinajstić information content (AvgIpc) is 2.61. The molecule has 1 fully saturated rings. The van der Waals surface area contributed by atoms with Crippen molar-refractivity contribution in [2.75, 3.05) is 6.16 Å². The summed E-state index contributed by atoms with van der Waals surface area (Å²) in [6.45, 7) is 5.56. The van der Waals surface area contributed by atoms with Gasteiger partial charge in [0.15, 0.2) is 0 Å². The monoisotopic (exact) mass is 159 g/mol. The fourth-order valence-electron chi connectivity index (χ4n) is 1.25. The van der Waals surface area contributed by atoms with Crippen molar-refractivity contribution in [3.8, 4) is 0 Å². The van der Waals surface area contributed by atoms with Crippen molar-refractivity contribution in [1.82, 2.24) is 0 Å². The smallest absolute Gasteiger partial charge is 0.0953 e. The van der Waals surface area contributed by atoms with E-state index in [2.05, 4.69) is 6.58 Å². The highest BCUT2D eigenvalue weighted by Crippen LogP contribution is 2.57. The van der Waals surface area contributed by atoms with Crippen LogP contribution in [0.3, 0.4) is 0 Å². The van der Waals surface area contributed by atoms with E-state index >= 15 is 0 Å². The van der Waals surface area contributed by atoms with Crippen LogP contribution in [0.15, 0.2) is 12.7 Å². The number of hydrogen-bond acceptors (Lipinski definition) is 2. The van der Waals surface area contributed by atoms with Crippen LogP contribution in [-0.2, 0) is 4.57 Å². The molecule has 1 saturated carbocycles. The molecule has 1 aliphatic carbocycles. The van der Waals surface area contributed by atoms with E-state index in [9.17, 15) is 4.57 Å². The molecule has 0 aliphatic heterocycles. The molecule has 10 heavy (non-hydrogen) atoms. The minimum atomic E-state index is -1.54. The zero-order valence-corrected chi connectivity index (χ0v) is 7.26. The predicted octanol–water partition coefficient (Wildman–Crippen LogP) is 1.43. The molecule has 1 aliphatic rings. The van der Waals surface area contributed by atoms with E-state index in [4.69, 9.17) is 5.73 Å². The van der Waals surface area contributed by atoms with E-state index < -0.39 is 7.80 Å². The topological polar surface area (TPSA) is 43.1 Å². The van der Waals surface area contributed by atoms with Crippen molar-refractivity contribution >= 4 is 7.80 Å². The molecule has 0 saturated heterocycles. The van der Waals surface area contributed by atoms with Crippen LogP contribution in [0.2, 0.25) is 0 Å². The summed E-state index contributed by atoms with van der Waals surface area (Å²) in [4.78, 5) is 0. The maximum atomic E-state index is 11.3. The highest BCUT2D eigenvalue weighted by Gasteiger charge is 2.52. The molecule has 0 bridgehead atoms. The van der Waals surface area contributed by atoms with E-state index in [1.165, 1.54) is 0 Å². The number of hydrogen-bond donors (Lipinski definition) is 1. The van der Waals surface area contributed by atoms with Crippen LogP contribution in [0.4, 0.5) is 0 Å². The predicted molar refractivity (Wildman–Crippen MR) is 44.8 cm³/mol. The normalized spacial score (nSPS) is 40.8. The van der Waals surface area contributed by atoms with E-state index in [1.807, 2.05) is 13.0 Å². The molecule has 2 nitrogen and oxygen atoms in total. The van der Waals surface area contributed by atoms with Crippen molar-refractivity contribution in [3.63, 3.8) is 0 Å². The lowest BCUT2D eigenvalue weighted by Crippen LogP contribution is -2.19. The molecule has 0 aromatic rings. The number of rotatable bonds is 3. The third-order valence-corrected chi connectivity index (χ3v) is 4.44. The highest BCUT2D eigenvalue weighted by atomic mass is 31.1. The van der Waals surface area contributed by atoms with Gasteiger partial charge in [0.25, 0.3) is 0 Å². The number of nitrogens with two attached hydrogens (primary N) is 1. The molecule has 0 amide bonds. The molecule has 0 heterocycles. The molecular weight excluding hydrogens is 145 g/mol. The molecule has 0 aromatic heterocycles. The first-order valence-corrected chi connectivity index (χ1v) is 5.21. The Kier molecular flexibility index (Phi) is 2.02. The van der Waals surface area contributed by atoms with E-state index in [-0.39, 0.29) is 5.28 Å². The van der Waals surface area contributed by atoms with E-state index in [0.29, 0.717) is 5.92 Å². The summed E-state index contributed by atoms with van der Waals surface area (Å²) in [6.07, 6.45) is 3.42. The Labute approximate surface area is 62.3 Å². The Hall–Kier alpha value is -0.0700. The third-order valence-electron chi connectivity index (χ3n) is 2.18. The van der Waals surface area contributed by atoms with Gasteiger partial charge in [-0.25, -0.2) is 0 Å². The second kappa shape index (κ2) is 2.52. The van der Waals surface area contributed by atoms with Gasteiger partial charge in [-0.1, -0.05) is 13.0 Å². The van der Waals surface area contributed by atoms with Crippen LogP contribution in [-0.4, -0.2) is 11.4 Å². The minimum Gasteiger partial charge on any atom is -0.325 e. The van der Waals surface area contributed by atoms with Gasteiger partial charge in [0.1, 0.15) is 0 Å². The lowest BCUT2D eigenvalue weighted by Gasteiger charge is -2.06. The first-order valence-electron chi connectivity index (χ1n) is 3.60. The van der Waals surface area contributed by atoms with E-state index in [1.54, 1.807) is 0 Å². The van der Waals surface area contributed by atoms with Gasteiger partial charge in [0.05, 0.1) is 13.1 Å². The first kappa shape index (κ1) is 8.03. The maximum absolute atomic E-state index is 11.3. The van der Waals surface area contributed by atoms with Crippen molar-refractivity contribution in [3.05, 3.63) is 12.7 Å². The Morgan fingerprint density at radius 1 is 2.00 bits per heavy atom. The summed E-state index contributed by atoms with van der Waals surface area (Å²) >= 11 is 0. The molecule has 3 atom stereocenters. The fourth-order valence-corrected chi connectivity index (χ4v) is 2.89. The molecule has 3 heteroatoms. The van der Waals surface area contributed by atoms with Crippen LogP contribution in [0.1, 0.15) is 13.3 Å². The van der Waals surface area contributed by atoms with Crippen LogP contribution >= 0.6 is 7.80 Å². The Morgan fingerprint density at radius 3 is 2.90 bits per heavy atom. The highest BCUT2D eigenvalue weighted by molar-refractivity contribution is 7.46. The Bertz CT molecular complexity index is 180. The minimum absolute atomic E-state index is 0.318. The van der Waals surface area contributed by atoms with Crippen molar-refractivity contribution in [1.29, 1.82) is 0 Å². The Balaban J connectivity index is 2.58. The van der Waals surface area contributed by atoms with Crippen LogP contribution in [0.5, 0.6) is 0 Å². The summed E-state index contributed by atoms with van der Waals surface area (Å²) in [6, 6.07) is 0. The summed E-state index contributed by atoms with van der Waals surface area (Å²) < 4.78 is 11.3. The zero-order chi connectivity index (χ0) is 7.78. The van der Waals surface area contributed by atoms with Gasteiger partial charge < -0.3 is 10.3 Å². The standard InChI is InChI=1S/C7H14NOP/c1-3-6-5-7(6,8)10(9)4-2/h3,6,10H,1,4-5,8H2,2H3/t6-,7+/m1/s1. The van der Waals surface area contributed by atoms with Crippen LogP contribution in [0.25, 0.3) is 0 Å². The van der Waals surface area contributed by atoms with Crippen molar-refractivity contribution in [2.45, 2.75) is 18.6 Å². The van der Waals surface area contributed by atoms with E-state index in [0.717, 1.165) is 12.6 Å². The largest absolute Gasteiger partial charge is 0.325 e. The van der Waals surface area contributed by atoms with Gasteiger partial charge in [0, 0.05) is 5.92 Å². The Morgan fingerprint density at radius 2 is 2.60 bits per heavy atom.